The summed E-state index contributed by atoms with van der Waals surface area (Å²) in [4.78, 5) is 11.8. The van der Waals surface area contributed by atoms with E-state index in [1.54, 1.807) is 6.20 Å². The number of H-pyrrole nitrogens is 1. The van der Waals surface area contributed by atoms with Gasteiger partial charge in [0.2, 0.25) is 0 Å². The summed E-state index contributed by atoms with van der Waals surface area (Å²) in [7, 11) is 0. The van der Waals surface area contributed by atoms with Crippen LogP contribution in [0.15, 0.2) is 12.3 Å². The number of hydrogen-bond acceptors (Lipinski definition) is 3. The summed E-state index contributed by atoms with van der Waals surface area (Å²) in [6.45, 7) is 4.39. The fraction of sp³-hybridized carbons (Fsp3) is 0.273. The zero-order valence-electron chi connectivity index (χ0n) is 8.91. The first-order valence-electron chi connectivity index (χ1n) is 4.93. The molecule has 0 amide bonds. The van der Waals surface area contributed by atoms with Gasteiger partial charge in [-0.1, -0.05) is 12.2 Å². The molecule has 15 heavy (non-hydrogen) atoms. The predicted octanol–water partition coefficient (Wildman–Crippen LogP) is 1.76. The normalized spacial score (nSPS) is 11.7. The minimum Gasteiger partial charge on any atom is -0.340 e. The molecular formula is C11H14N4. The molecule has 0 saturated heterocycles. The average molecular weight is 202 g/mol. The Morgan fingerprint density at radius 3 is 3.00 bits per heavy atom. The van der Waals surface area contributed by atoms with Crippen LogP contribution in [-0.2, 0) is 6.54 Å². The van der Waals surface area contributed by atoms with Crippen LogP contribution in [0.25, 0.3) is 17.1 Å². The van der Waals surface area contributed by atoms with Crippen LogP contribution >= 0.6 is 0 Å². The van der Waals surface area contributed by atoms with E-state index in [2.05, 4.69) is 15.0 Å². The third kappa shape index (κ3) is 1.64. The van der Waals surface area contributed by atoms with Crippen LogP contribution in [0.4, 0.5) is 0 Å². The van der Waals surface area contributed by atoms with Gasteiger partial charge in [-0.05, 0) is 13.8 Å². The topological polar surface area (TPSA) is 67.6 Å². The van der Waals surface area contributed by atoms with Crippen molar-refractivity contribution in [3.63, 3.8) is 0 Å². The van der Waals surface area contributed by atoms with Crippen LogP contribution in [0.2, 0.25) is 0 Å². The van der Waals surface area contributed by atoms with E-state index in [-0.39, 0.29) is 0 Å². The van der Waals surface area contributed by atoms with Crippen LogP contribution in [0.3, 0.4) is 0 Å². The Morgan fingerprint density at radius 1 is 1.53 bits per heavy atom. The van der Waals surface area contributed by atoms with Crippen molar-refractivity contribution >= 4 is 17.1 Å². The quantitative estimate of drug-likeness (QED) is 0.779. The summed E-state index contributed by atoms with van der Waals surface area (Å²) in [6, 6.07) is 0. The van der Waals surface area contributed by atoms with Gasteiger partial charge in [0.15, 0.2) is 0 Å². The molecule has 0 spiro atoms. The number of hydrogen-bond donors (Lipinski definition) is 2. The zero-order chi connectivity index (χ0) is 10.8. The number of rotatable bonds is 2. The monoisotopic (exact) mass is 202 g/mol. The van der Waals surface area contributed by atoms with Crippen molar-refractivity contribution in [2.45, 2.75) is 20.4 Å². The molecule has 3 N–H and O–H groups in total. The van der Waals surface area contributed by atoms with E-state index in [1.165, 1.54) is 0 Å². The lowest BCUT2D eigenvalue weighted by Crippen LogP contribution is -1.97. The van der Waals surface area contributed by atoms with Gasteiger partial charge in [0.05, 0.1) is 18.3 Å². The molecule has 4 heteroatoms. The Balaban J connectivity index is 2.74. The van der Waals surface area contributed by atoms with Gasteiger partial charge in [0.1, 0.15) is 11.3 Å². The van der Waals surface area contributed by atoms with Crippen molar-refractivity contribution in [3.8, 4) is 0 Å². The van der Waals surface area contributed by atoms with Crippen LogP contribution < -0.4 is 5.73 Å². The summed E-state index contributed by atoms with van der Waals surface area (Å²) >= 11 is 0. The van der Waals surface area contributed by atoms with Gasteiger partial charge >= 0.3 is 0 Å². The van der Waals surface area contributed by atoms with Crippen LogP contribution in [0.1, 0.15) is 24.0 Å². The highest BCUT2D eigenvalue weighted by Gasteiger charge is 2.07. The summed E-state index contributed by atoms with van der Waals surface area (Å²) in [5.74, 6) is 0.795. The summed E-state index contributed by atoms with van der Waals surface area (Å²) in [5, 5.41) is 0. The maximum atomic E-state index is 5.54. The number of nitrogens with two attached hydrogens (primary N) is 1. The molecule has 0 atom stereocenters. The number of fused-ring (bicyclic) bond motifs is 1. The number of pyridine rings is 1. The van der Waals surface area contributed by atoms with Gasteiger partial charge in [-0.3, -0.25) is 4.98 Å². The van der Waals surface area contributed by atoms with Gasteiger partial charge in [-0.25, -0.2) is 4.98 Å². The van der Waals surface area contributed by atoms with Gasteiger partial charge < -0.3 is 10.7 Å². The standard InChI is InChI=1S/C11H14N4/c1-3-4-8-7(2)13-6-9-11(8)15-10(5-12)14-9/h3-4,6H,5,12H2,1-2H3,(H,14,15)/b4-3-. The molecule has 0 aliphatic carbocycles. The average Bonchev–Trinajstić information content (AvgIpc) is 2.66. The second-order valence-electron chi connectivity index (χ2n) is 3.41. The van der Waals surface area contributed by atoms with E-state index < -0.39 is 0 Å². The third-order valence-corrected chi connectivity index (χ3v) is 2.35. The number of aryl methyl sites for hydroxylation is 1. The van der Waals surface area contributed by atoms with E-state index in [9.17, 15) is 0 Å². The van der Waals surface area contributed by atoms with Gasteiger partial charge in [-0.15, -0.1) is 0 Å². The van der Waals surface area contributed by atoms with Gasteiger partial charge in [0.25, 0.3) is 0 Å². The van der Waals surface area contributed by atoms with Gasteiger partial charge in [-0.2, -0.15) is 0 Å². The maximum absolute atomic E-state index is 5.54. The number of aromatic amines is 1. The minimum absolute atomic E-state index is 0.420. The molecule has 0 aliphatic rings. The number of nitrogens with zero attached hydrogens (tertiary/aromatic N) is 2. The summed E-state index contributed by atoms with van der Waals surface area (Å²) in [6.07, 6.45) is 5.79. The third-order valence-electron chi connectivity index (χ3n) is 2.35. The van der Waals surface area contributed by atoms with Crippen molar-refractivity contribution in [2.24, 2.45) is 5.73 Å². The smallest absolute Gasteiger partial charge is 0.121 e. The highest BCUT2D eigenvalue weighted by atomic mass is 15.0. The van der Waals surface area contributed by atoms with Crippen LogP contribution in [0, 0.1) is 6.92 Å². The molecule has 0 aromatic carbocycles. The number of imidazole rings is 1. The second-order valence-corrected chi connectivity index (χ2v) is 3.41. The molecule has 2 heterocycles. The SMILES string of the molecule is C/C=C\c1c(C)ncc2nc(CN)[nH]c12. The summed E-state index contributed by atoms with van der Waals surface area (Å²) in [5.41, 5.74) is 9.51. The molecule has 4 nitrogen and oxygen atoms in total. The van der Waals surface area contributed by atoms with E-state index >= 15 is 0 Å². The Bertz CT molecular complexity index is 511. The predicted molar refractivity (Wildman–Crippen MR) is 61.2 cm³/mol. The molecule has 0 aliphatic heterocycles. The van der Waals surface area contributed by atoms with Crippen LogP contribution in [-0.4, -0.2) is 15.0 Å². The molecule has 0 fully saturated rings. The lowest BCUT2D eigenvalue weighted by Gasteiger charge is -1.99. The Morgan fingerprint density at radius 2 is 2.33 bits per heavy atom. The molecule has 0 unspecified atom stereocenters. The van der Waals surface area contributed by atoms with E-state index in [4.69, 9.17) is 5.73 Å². The highest BCUT2D eigenvalue weighted by molar-refractivity contribution is 5.85. The molecule has 0 bridgehead atoms. The summed E-state index contributed by atoms with van der Waals surface area (Å²) < 4.78 is 0. The molecule has 2 aromatic rings. The van der Waals surface area contributed by atoms with Crippen LogP contribution in [0.5, 0.6) is 0 Å². The highest BCUT2D eigenvalue weighted by Crippen LogP contribution is 2.19. The van der Waals surface area contributed by atoms with E-state index in [0.717, 1.165) is 28.1 Å². The molecule has 2 rings (SSSR count). The number of aromatic nitrogens is 3. The van der Waals surface area contributed by atoms with Crippen molar-refractivity contribution in [3.05, 3.63) is 29.4 Å². The lowest BCUT2D eigenvalue weighted by molar-refractivity contribution is 0.958. The Kier molecular flexibility index (Phi) is 2.51. The van der Waals surface area contributed by atoms with E-state index in [1.807, 2.05) is 26.0 Å². The lowest BCUT2D eigenvalue weighted by atomic mass is 10.1. The zero-order valence-corrected chi connectivity index (χ0v) is 8.91. The molecule has 2 aromatic heterocycles. The Labute approximate surface area is 88.2 Å². The first-order chi connectivity index (χ1) is 7.26. The number of nitrogens with one attached hydrogen (secondary N) is 1. The molecular weight excluding hydrogens is 188 g/mol. The fourth-order valence-corrected chi connectivity index (χ4v) is 1.61. The second kappa shape index (κ2) is 3.82. The van der Waals surface area contributed by atoms with Crippen molar-refractivity contribution in [2.75, 3.05) is 0 Å². The first-order valence-corrected chi connectivity index (χ1v) is 4.93. The van der Waals surface area contributed by atoms with Crippen molar-refractivity contribution in [1.29, 1.82) is 0 Å². The molecule has 0 radical (unpaired) electrons. The van der Waals surface area contributed by atoms with Crippen molar-refractivity contribution in [1.82, 2.24) is 15.0 Å². The first kappa shape index (κ1) is 9.86. The van der Waals surface area contributed by atoms with Gasteiger partial charge in [0, 0.05) is 11.3 Å². The largest absolute Gasteiger partial charge is 0.340 e. The number of allylic oxidation sites excluding steroid dienone is 1. The molecule has 78 valence electrons. The van der Waals surface area contributed by atoms with E-state index in [0.29, 0.717) is 6.54 Å². The molecule has 0 saturated carbocycles. The van der Waals surface area contributed by atoms with Crippen molar-refractivity contribution < 1.29 is 0 Å². The fourth-order valence-electron chi connectivity index (χ4n) is 1.61. The Hall–Kier alpha value is -1.68. The maximum Gasteiger partial charge on any atom is 0.121 e. The minimum atomic E-state index is 0.420.